The zero-order valence-corrected chi connectivity index (χ0v) is 7.42. The van der Waals surface area contributed by atoms with Crippen LogP contribution in [0, 0.1) is 11.3 Å². The number of aliphatic hydroxyl groups is 1. The molecule has 3 heteroatoms. The molecule has 0 aromatic heterocycles. The molecule has 2 N–H and O–H groups in total. The Kier molecular flexibility index (Phi) is 2.73. The van der Waals surface area contributed by atoms with Crippen LogP contribution in [-0.2, 0) is 4.79 Å². The van der Waals surface area contributed by atoms with Crippen molar-refractivity contribution in [2.24, 2.45) is 11.3 Å². The van der Waals surface area contributed by atoms with Crippen LogP contribution < -0.4 is 0 Å². The lowest BCUT2D eigenvalue weighted by Crippen LogP contribution is -2.19. The summed E-state index contributed by atoms with van der Waals surface area (Å²) < 4.78 is 0. The molecule has 70 valence electrons. The second kappa shape index (κ2) is 3.44. The van der Waals surface area contributed by atoms with E-state index in [1.165, 1.54) is 0 Å². The predicted molar refractivity (Wildman–Crippen MR) is 44.8 cm³/mol. The van der Waals surface area contributed by atoms with Gasteiger partial charge in [-0.3, -0.25) is 4.79 Å². The second-order valence-corrected chi connectivity index (χ2v) is 3.81. The van der Waals surface area contributed by atoms with Crippen molar-refractivity contribution in [2.45, 2.75) is 32.6 Å². The Morgan fingerprint density at radius 2 is 2.17 bits per heavy atom. The minimum atomic E-state index is -0.725. The van der Waals surface area contributed by atoms with E-state index in [9.17, 15) is 4.79 Å². The van der Waals surface area contributed by atoms with Crippen LogP contribution in [0.25, 0.3) is 0 Å². The Balaban J connectivity index is 2.42. The van der Waals surface area contributed by atoms with Gasteiger partial charge in [-0.1, -0.05) is 6.92 Å². The van der Waals surface area contributed by atoms with E-state index < -0.39 is 5.97 Å². The molecular weight excluding hydrogens is 156 g/mol. The van der Waals surface area contributed by atoms with Gasteiger partial charge >= 0.3 is 5.97 Å². The maximum atomic E-state index is 10.7. The summed E-state index contributed by atoms with van der Waals surface area (Å²) in [6.45, 7) is 2.03. The van der Waals surface area contributed by atoms with Crippen molar-refractivity contribution in [3.8, 4) is 0 Å². The fourth-order valence-electron chi connectivity index (χ4n) is 1.53. The molecule has 1 unspecified atom stereocenters. The molecule has 0 spiro atoms. The molecule has 1 aliphatic rings. The number of carboxylic acids is 1. The monoisotopic (exact) mass is 172 g/mol. The minimum Gasteiger partial charge on any atom is -0.481 e. The van der Waals surface area contributed by atoms with Crippen molar-refractivity contribution in [3.05, 3.63) is 0 Å². The van der Waals surface area contributed by atoms with Crippen LogP contribution in [0.1, 0.15) is 32.6 Å². The number of aliphatic carboxylic acids is 1. The Hall–Kier alpha value is -0.570. The molecule has 0 radical (unpaired) electrons. The molecule has 1 rings (SSSR count). The first kappa shape index (κ1) is 9.52. The van der Waals surface area contributed by atoms with Crippen molar-refractivity contribution in [1.29, 1.82) is 0 Å². The molecule has 0 amide bonds. The molecule has 0 saturated heterocycles. The molecule has 3 nitrogen and oxygen atoms in total. The Labute approximate surface area is 72.4 Å². The van der Waals surface area contributed by atoms with Gasteiger partial charge < -0.3 is 10.2 Å². The molecule has 0 aromatic rings. The second-order valence-electron chi connectivity index (χ2n) is 3.81. The molecular formula is C9H16O3. The van der Waals surface area contributed by atoms with Crippen LogP contribution in [-0.4, -0.2) is 22.8 Å². The van der Waals surface area contributed by atoms with Crippen LogP contribution in [0.2, 0.25) is 0 Å². The highest BCUT2D eigenvalue weighted by molar-refractivity contribution is 5.70. The van der Waals surface area contributed by atoms with Gasteiger partial charge in [0, 0.05) is 6.61 Å². The van der Waals surface area contributed by atoms with Crippen LogP contribution in [0.15, 0.2) is 0 Å². The van der Waals surface area contributed by atoms with Crippen LogP contribution in [0.3, 0.4) is 0 Å². The quantitative estimate of drug-likeness (QED) is 0.656. The zero-order chi connectivity index (χ0) is 9.19. The summed E-state index contributed by atoms with van der Waals surface area (Å²) in [4.78, 5) is 10.7. The Morgan fingerprint density at radius 3 is 2.42 bits per heavy atom. The van der Waals surface area contributed by atoms with Crippen molar-refractivity contribution >= 4 is 5.97 Å². The summed E-state index contributed by atoms with van der Waals surface area (Å²) in [5.41, 5.74) is -0.0287. The van der Waals surface area contributed by atoms with Crippen molar-refractivity contribution in [2.75, 3.05) is 6.61 Å². The van der Waals surface area contributed by atoms with E-state index in [1.807, 2.05) is 6.92 Å². The van der Waals surface area contributed by atoms with E-state index in [0.717, 1.165) is 12.8 Å². The van der Waals surface area contributed by atoms with E-state index >= 15 is 0 Å². The van der Waals surface area contributed by atoms with E-state index in [-0.39, 0.29) is 17.9 Å². The molecule has 0 bridgehead atoms. The van der Waals surface area contributed by atoms with Gasteiger partial charge in [-0.15, -0.1) is 0 Å². The zero-order valence-electron chi connectivity index (χ0n) is 7.42. The van der Waals surface area contributed by atoms with Gasteiger partial charge in [0.1, 0.15) is 0 Å². The average Bonchev–Trinajstić information content (AvgIpc) is 2.80. The van der Waals surface area contributed by atoms with E-state index in [0.29, 0.717) is 12.8 Å². The van der Waals surface area contributed by atoms with Gasteiger partial charge in [0.15, 0.2) is 0 Å². The number of hydrogen-bond donors (Lipinski definition) is 2. The van der Waals surface area contributed by atoms with Gasteiger partial charge in [0.2, 0.25) is 0 Å². The highest BCUT2D eigenvalue weighted by atomic mass is 16.4. The fraction of sp³-hybridized carbons (Fsp3) is 0.889. The van der Waals surface area contributed by atoms with E-state index in [1.54, 1.807) is 0 Å². The molecule has 1 aliphatic carbocycles. The summed E-state index contributed by atoms with van der Waals surface area (Å²) in [6, 6.07) is 0. The molecule has 1 atom stereocenters. The van der Waals surface area contributed by atoms with Gasteiger partial charge in [-0.05, 0) is 31.1 Å². The summed E-state index contributed by atoms with van der Waals surface area (Å²) >= 11 is 0. The smallest absolute Gasteiger partial charge is 0.306 e. The largest absolute Gasteiger partial charge is 0.481 e. The summed E-state index contributed by atoms with van der Waals surface area (Å²) in [5.74, 6) is -0.989. The first-order valence-electron chi connectivity index (χ1n) is 4.47. The standard InChI is InChI=1S/C9H16O3/c1-2-7(8(11)12)5-9(6-10)3-4-9/h7,10H,2-6H2,1H3,(H,11,12). The number of carboxylic acid groups (broad SMARTS) is 1. The summed E-state index contributed by atoms with van der Waals surface area (Å²) in [5, 5.41) is 17.8. The first-order valence-corrected chi connectivity index (χ1v) is 4.47. The third-order valence-electron chi connectivity index (χ3n) is 2.81. The summed E-state index contributed by atoms with van der Waals surface area (Å²) in [7, 11) is 0. The van der Waals surface area contributed by atoms with Crippen molar-refractivity contribution in [3.63, 3.8) is 0 Å². The molecule has 12 heavy (non-hydrogen) atoms. The van der Waals surface area contributed by atoms with Gasteiger partial charge in [0.05, 0.1) is 5.92 Å². The summed E-state index contributed by atoms with van der Waals surface area (Å²) in [6.07, 6.45) is 3.30. The fourth-order valence-corrected chi connectivity index (χ4v) is 1.53. The lowest BCUT2D eigenvalue weighted by molar-refractivity contribution is -0.142. The van der Waals surface area contributed by atoms with Gasteiger partial charge in [-0.25, -0.2) is 0 Å². The normalized spacial score (nSPS) is 21.8. The third-order valence-corrected chi connectivity index (χ3v) is 2.81. The molecule has 1 saturated carbocycles. The SMILES string of the molecule is CCC(CC1(CO)CC1)C(=O)O. The van der Waals surface area contributed by atoms with Gasteiger partial charge in [-0.2, -0.15) is 0 Å². The predicted octanol–water partition coefficient (Wildman–Crippen LogP) is 1.26. The topological polar surface area (TPSA) is 57.5 Å². The van der Waals surface area contributed by atoms with Crippen LogP contribution >= 0.6 is 0 Å². The highest BCUT2D eigenvalue weighted by Crippen LogP contribution is 2.50. The number of rotatable bonds is 5. The molecule has 0 aliphatic heterocycles. The Bertz CT molecular complexity index is 173. The number of hydrogen-bond acceptors (Lipinski definition) is 2. The minimum absolute atomic E-state index is 0.0287. The average molecular weight is 172 g/mol. The molecule has 1 fully saturated rings. The number of carbonyl (C=O) groups is 1. The lowest BCUT2D eigenvalue weighted by atomic mass is 9.91. The molecule has 0 heterocycles. The van der Waals surface area contributed by atoms with E-state index in [4.69, 9.17) is 10.2 Å². The van der Waals surface area contributed by atoms with Gasteiger partial charge in [0.25, 0.3) is 0 Å². The van der Waals surface area contributed by atoms with Crippen LogP contribution in [0.4, 0.5) is 0 Å². The maximum absolute atomic E-state index is 10.7. The Morgan fingerprint density at radius 1 is 1.58 bits per heavy atom. The maximum Gasteiger partial charge on any atom is 0.306 e. The van der Waals surface area contributed by atoms with E-state index in [2.05, 4.69) is 0 Å². The number of aliphatic hydroxyl groups excluding tert-OH is 1. The van der Waals surface area contributed by atoms with Crippen LogP contribution in [0.5, 0.6) is 0 Å². The third kappa shape index (κ3) is 1.97. The highest BCUT2D eigenvalue weighted by Gasteiger charge is 2.44. The first-order chi connectivity index (χ1) is 5.63. The lowest BCUT2D eigenvalue weighted by Gasteiger charge is -2.16. The van der Waals surface area contributed by atoms with Crippen molar-refractivity contribution < 1.29 is 15.0 Å². The molecule has 0 aromatic carbocycles. The van der Waals surface area contributed by atoms with Crippen molar-refractivity contribution in [1.82, 2.24) is 0 Å².